The average Bonchev–Trinajstić information content (AvgIpc) is 2.61. The van der Waals surface area contributed by atoms with Gasteiger partial charge < -0.3 is 10.1 Å². The third-order valence-electron chi connectivity index (χ3n) is 2.37. The number of ether oxygens (including phenoxy) is 1. The summed E-state index contributed by atoms with van der Waals surface area (Å²) in [6.45, 7) is 0.455. The zero-order valence-corrected chi connectivity index (χ0v) is 8.90. The van der Waals surface area contributed by atoms with Crippen LogP contribution in [0.1, 0.15) is 6.42 Å². The van der Waals surface area contributed by atoms with Gasteiger partial charge in [-0.05, 0) is 6.42 Å². The van der Waals surface area contributed by atoms with Crippen LogP contribution < -0.4 is 5.32 Å². The molecule has 0 spiro atoms. The summed E-state index contributed by atoms with van der Waals surface area (Å²) in [4.78, 5) is 0. The van der Waals surface area contributed by atoms with Crippen LogP contribution in [0.2, 0.25) is 0 Å². The van der Waals surface area contributed by atoms with E-state index in [4.69, 9.17) is 16.3 Å². The molecule has 2 unspecified atom stereocenters. The van der Waals surface area contributed by atoms with E-state index in [1.54, 1.807) is 0 Å². The van der Waals surface area contributed by atoms with E-state index in [-0.39, 0.29) is 11.7 Å². The number of anilines is 1. The maximum atomic E-state index is 13.3. The van der Waals surface area contributed by atoms with Gasteiger partial charge in [-0.1, -0.05) is 11.6 Å². The molecule has 1 fully saturated rings. The maximum absolute atomic E-state index is 13.3. The predicted molar refractivity (Wildman–Crippen MR) is 53.9 cm³/mol. The largest absolute Gasteiger partial charge is 0.376 e. The Morgan fingerprint density at radius 1 is 1.19 bits per heavy atom. The Kier molecular flexibility index (Phi) is 3.25. The fourth-order valence-electron chi connectivity index (χ4n) is 1.53. The molecule has 1 N–H and O–H groups in total. The van der Waals surface area contributed by atoms with Crippen LogP contribution in [0.4, 0.5) is 18.9 Å². The van der Waals surface area contributed by atoms with Crippen molar-refractivity contribution in [3.63, 3.8) is 0 Å². The van der Waals surface area contributed by atoms with Gasteiger partial charge in [0.1, 0.15) is 5.82 Å². The van der Waals surface area contributed by atoms with Crippen molar-refractivity contribution in [2.75, 3.05) is 11.9 Å². The first-order chi connectivity index (χ1) is 7.58. The Morgan fingerprint density at radius 3 is 2.50 bits per heavy atom. The molecule has 0 amide bonds. The molecule has 1 aliphatic rings. The molecule has 0 aliphatic carbocycles. The highest BCUT2D eigenvalue weighted by molar-refractivity contribution is 6.20. The smallest absolute Gasteiger partial charge is 0.161 e. The molecule has 1 aromatic carbocycles. The molecule has 1 saturated heterocycles. The predicted octanol–water partition coefficient (Wildman–Crippen LogP) is 2.87. The van der Waals surface area contributed by atoms with Gasteiger partial charge in [0.2, 0.25) is 0 Å². The first kappa shape index (κ1) is 11.5. The Hall–Kier alpha value is -0.940. The Balaban J connectivity index is 2.18. The second-order valence-electron chi connectivity index (χ2n) is 3.51. The molecule has 6 heteroatoms. The number of benzene rings is 1. The number of hydrogen-bond donors (Lipinski definition) is 1. The fraction of sp³-hybridized carbons (Fsp3) is 0.400. The monoisotopic (exact) mass is 251 g/mol. The molecule has 2 rings (SSSR count). The Labute approximate surface area is 95.3 Å². The van der Waals surface area contributed by atoms with E-state index in [0.717, 1.165) is 6.07 Å². The molecule has 2 nitrogen and oxygen atoms in total. The molecule has 2 atom stereocenters. The Bertz CT molecular complexity index is 402. The lowest BCUT2D eigenvalue weighted by Crippen LogP contribution is -2.25. The van der Waals surface area contributed by atoms with Crippen LogP contribution >= 0.6 is 11.6 Å². The van der Waals surface area contributed by atoms with Gasteiger partial charge in [0, 0.05) is 12.1 Å². The lowest BCUT2D eigenvalue weighted by Gasteiger charge is -2.16. The first-order valence-electron chi connectivity index (χ1n) is 4.74. The molecular weight excluding hydrogens is 243 g/mol. The third-order valence-corrected chi connectivity index (χ3v) is 2.80. The second-order valence-corrected chi connectivity index (χ2v) is 3.94. The summed E-state index contributed by atoms with van der Waals surface area (Å²) in [5.41, 5.74) is -0.701. The fourth-order valence-corrected chi connectivity index (χ4v) is 1.80. The highest BCUT2D eigenvalue weighted by Crippen LogP contribution is 2.24. The minimum Gasteiger partial charge on any atom is -0.376 e. The minimum atomic E-state index is -1.21. The van der Waals surface area contributed by atoms with Crippen molar-refractivity contribution in [2.45, 2.75) is 18.0 Å². The van der Waals surface area contributed by atoms with Crippen molar-refractivity contribution in [3.8, 4) is 0 Å². The summed E-state index contributed by atoms with van der Waals surface area (Å²) in [6.07, 6.45) is 0.590. The number of halogens is 4. The summed E-state index contributed by atoms with van der Waals surface area (Å²) in [6, 6.07) is 0.963. The van der Waals surface area contributed by atoms with Crippen molar-refractivity contribution in [1.29, 1.82) is 0 Å². The molecule has 1 heterocycles. The maximum Gasteiger partial charge on any atom is 0.161 e. The van der Waals surface area contributed by atoms with Crippen molar-refractivity contribution < 1.29 is 17.9 Å². The van der Waals surface area contributed by atoms with Gasteiger partial charge in [-0.25, -0.2) is 13.2 Å². The van der Waals surface area contributed by atoms with Crippen LogP contribution in [-0.2, 0) is 4.74 Å². The molecule has 88 valence electrons. The van der Waals surface area contributed by atoms with Crippen molar-refractivity contribution in [3.05, 3.63) is 29.6 Å². The normalized spacial score (nSPS) is 24.8. The van der Waals surface area contributed by atoms with Gasteiger partial charge in [-0.3, -0.25) is 0 Å². The van der Waals surface area contributed by atoms with Crippen molar-refractivity contribution in [2.24, 2.45) is 0 Å². The van der Waals surface area contributed by atoms with E-state index < -0.39 is 23.0 Å². The van der Waals surface area contributed by atoms with E-state index in [2.05, 4.69) is 5.32 Å². The van der Waals surface area contributed by atoms with Crippen LogP contribution in [-0.4, -0.2) is 18.2 Å². The van der Waals surface area contributed by atoms with E-state index in [1.807, 2.05) is 0 Å². The van der Waals surface area contributed by atoms with Gasteiger partial charge in [-0.2, -0.15) is 0 Å². The lowest BCUT2D eigenvalue weighted by molar-refractivity contribution is 0.165. The third kappa shape index (κ3) is 2.25. The topological polar surface area (TPSA) is 21.3 Å². The van der Waals surface area contributed by atoms with Gasteiger partial charge in [0.05, 0.1) is 18.3 Å². The van der Waals surface area contributed by atoms with E-state index >= 15 is 0 Å². The second kappa shape index (κ2) is 4.51. The average molecular weight is 252 g/mol. The van der Waals surface area contributed by atoms with Crippen molar-refractivity contribution >= 4 is 17.3 Å². The molecule has 1 aromatic rings. The first-order valence-corrected chi connectivity index (χ1v) is 5.18. The molecule has 1 aliphatic heterocycles. The molecule has 0 bridgehead atoms. The summed E-state index contributed by atoms with van der Waals surface area (Å²) in [7, 11) is 0. The van der Waals surface area contributed by atoms with Crippen LogP contribution in [0.5, 0.6) is 0 Å². The number of alkyl halides is 1. The molecule has 0 saturated carbocycles. The van der Waals surface area contributed by atoms with E-state index in [9.17, 15) is 13.2 Å². The van der Waals surface area contributed by atoms with Crippen LogP contribution in [0.15, 0.2) is 12.1 Å². The van der Waals surface area contributed by atoms with Gasteiger partial charge in [0.15, 0.2) is 17.2 Å². The van der Waals surface area contributed by atoms with Crippen LogP contribution in [0.3, 0.4) is 0 Å². The number of nitrogens with one attached hydrogen (secondary N) is 1. The van der Waals surface area contributed by atoms with Crippen LogP contribution in [0, 0.1) is 17.5 Å². The summed E-state index contributed by atoms with van der Waals surface area (Å²) >= 11 is 5.78. The molecule has 0 radical (unpaired) electrons. The van der Waals surface area contributed by atoms with E-state index in [0.29, 0.717) is 19.1 Å². The highest BCUT2D eigenvalue weighted by atomic mass is 35.5. The quantitative estimate of drug-likeness (QED) is 0.645. The summed E-state index contributed by atoms with van der Waals surface area (Å²) in [5, 5.41) is 2.69. The van der Waals surface area contributed by atoms with E-state index in [1.165, 1.54) is 0 Å². The molecule has 0 aromatic heterocycles. The highest BCUT2D eigenvalue weighted by Gasteiger charge is 2.27. The molecule has 16 heavy (non-hydrogen) atoms. The van der Waals surface area contributed by atoms with Gasteiger partial charge >= 0.3 is 0 Å². The van der Waals surface area contributed by atoms with Crippen LogP contribution in [0.25, 0.3) is 0 Å². The van der Waals surface area contributed by atoms with Gasteiger partial charge in [0.25, 0.3) is 0 Å². The summed E-state index contributed by atoms with van der Waals surface area (Å²) < 4.78 is 43.8. The van der Waals surface area contributed by atoms with Gasteiger partial charge in [-0.15, -0.1) is 0 Å². The number of rotatable bonds is 2. The lowest BCUT2D eigenvalue weighted by atomic mass is 10.2. The van der Waals surface area contributed by atoms with Crippen molar-refractivity contribution in [1.82, 2.24) is 0 Å². The Morgan fingerprint density at radius 2 is 1.88 bits per heavy atom. The minimum absolute atomic E-state index is 0.111. The number of hydrogen-bond acceptors (Lipinski definition) is 2. The molecular formula is C10H9ClF3NO. The standard InChI is InChI=1S/C10H9ClF3NO/c11-10-8(1-2-16-10)15-9-4-6(13)5(12)3-7(9)14/h3-4,8,10,15H,1-2H2. The SMILES string of the molecule is Fc1cc(F)c(NC2CCOC2Cl)cc1F. The zero-order chi connectivity index (χ0) is 11.7. The summed E-state index contributed by atoms with van der Waals surface area (Å²) in [5.74, 6) is -3.17. The zero-order valence-electron chi connectivity index (χ0n) is 8.14.